The first-order valence-electron chi connectivity index (χ1n) is 5.14. The molecule has 0 aromatic carbocycles. The summed E-state index contributed by atoms with van der Waals surface area (Å²) in [6.07, 6.45) is 8.58. The highest BCUT2D eigenvalue weighted by molar-refractivity contribution is 5.60. The maximum Gasteiger partial charge on any atom is 0.205 e. The Morgan fingerprint density at radius 2 is 1.25 bits per heavy atom. The highest BCUT2D eigenvalue weighted by Gasteiger charge is 2.27. The Hall–Kier alpha value is -0.330. The molecule has 71 valence electrons. The van der Waals surface area contributed by atoms with E-state index in [-0.39, 0.29) is 5.41 Å². The zero-order valence-electron chi connectivity index (χ0n) is 8.65. The average molecular weight is 169 g/mol. The Labute approximate surface area is 76.6 Å². The van der Waals surface area contributed by atoms with Crippen molar-refractivity contribution in [2.75, 3.05) is 0 Å². The largest absolute Gasteiger partial charge is 0.290 e. The molecular formula is C11H21O. The van der Waals surface area contributed by atoms with Crippen molar-refractivity contribution in [2.45, 2.75) is 59.3 Å². The van der Waals surface area contributed by atoms with Crippen LogP contribution in [-0.2, 0) is 4.79 Å². The summed E-state index contributed by atoms with van der Waals surface area (Å²) in [5.41, 5.74) is -0.113. The first-order chi connectivity index (χ1) is 5.74. The summed E-state index contributed by atoms with van der Waals surface area (Å²) in [5, 5.41) is 0. The van der Waals surface area contributed by atoms with Gasteiger partial charge in [-0.1, -0.05) is 40.0 Å². The third-order valence-corrected chi connectivity index (χ3v) is 2.40. The maximum atomic E-state index is 10.9. The molecule has 1 radical (unpaired) electrons. The van der Waals surface area contributed by atoms with E-state index in [0.717, 1.165) is 38.5 Å². The molecule has 0 aliphatic carbocycles. The van der Waals surface area contributed by atoms with E-state index in [4.69, 9.17) is 0 Å². The SMILES string of the molecule is CCCC([C]=O)(CCC)CCC. The second-order valence-electron chi connectivity index (χ2n) is 3.63. The van der Waals surface area contributed by atoms with E-state index in [0.29, 0.717) is 0 Å². The van der Waals surface area contributed by atoms with Gasteiger partial charge in [-0.25, -0.2) is 0 Å². The molecule has 0 N–H and O–H groups in total. The number of rotatable bonds is 7. The lowest BCUT2D eigenvalue weighted by molar-refractivity contribution is 0.301. The Balaban J connectivity index is 4.16. The van der Waals surface area contributed by atoms with Crippen LogP contribution in [0.3, 0.4) is 0 Å². The number of hydrogen-bond donors (Lipinski definition) is 0. The van der Waals surface area contributed by atoms with Crippen LogP contribution in [0.25, 0.3) is 0 Å². The van der Waals surface area contributed by atoms with E-state index in [9.17, 15) is 4.79 Å². The summed E-state index contributed by atoms with van der Waals surface area (Å²) in [4.78, 5) is 10.9. The Kier molecular flexibility index (Phi) is 6.04. The fourth-order valence-corrected chi connectivity index (χ4v) is 1.96. The third kappa shape index (κ3) is 3.38. The van der Waals surface area contributed by atoms with Crippen molar-refractivity contribution < 1.29 is 4.79 Å². The molecule has 0 spiro atoms. The van der Waals surface area contributed by atoms with E-state index in [2.05, 4.69) is 27.1 Å². The molecule has 0 aliphatic rings. The predicted octanol–water partition coefficient (Wildman–Crippen LogP) is 3.48. The van der Waals surface area contributed by atoms with E-state index < -0.39 is 0 Å². The van der Waals surface area contributed by atoms with Crippen LogP contribution in [0.4, 0.5) is 0 Å². The first kappa shape index (κ1) is 11.7. The molecule has 0 bridgehead atoms. The molecule has 0 amide bonds. The molecule has 0 atom stereocenters. The van der Waals surface area contributed by atoms with Gasteiger partial charge in [0.2, 0.25) is 6.29 Å². The highest BCUT2D eigenvalue weighted by Crippen LogP contribution is 2.32. The number of hydrogen-bond acceptors (Lipinski definition) is 1. The van der Waals surface area contributed by atoms with Crippen molar-refractivity contribution in [3.05, 3.63) is 0 Å². The fraction of sp³-hybridized carbons (Fsp3) is 0.909. The summed E-state index contributed by atoms with van der Waals surface area (Å²) in [7, 11) is 0. The maximum absolute atomic E-state index is 10.9. The van der Waals surface area contributed by atoms with Crippen molar-refractivity contribution in [1.29, 1.82) is 0 Å². The van der Waals surface area contributed by atoms with Gasteiger partial charge in [-0.05, 0) is 19.3 Å². The van der Waals surface area contributed by atoms with E-state index in [1.54, 1.807) is 0 Å². The van der Waals surface area contributed by atoms with Crippen molar-refractivity contribution in [2.24, 2.45) is 5.41 Å². The Morgan fingerprint density at radius 3 is 1.42 bits per heavy atom. The summed E-state index contributed by atoms with van der Waals surface area (Å²) >= 11 is 0. The monoisotopic (exact) mass is 169 g/mol. The fourth-order valence-electron chi connectivity index (χ4n) is 1.96. The van der Waals surface area contributed by atoms with Gasteiger partial charge in [0.05, 0.1) is 0 Å². The Bertz CT molecular complexity index is 101. The van der Waals surface area contributed by atoms with Gasteiger partial charge in [-0.3, -0.25) is 4.79 Å². The summed E-state index contributed by atoms with van der Waals surface area (Å²) in [6.45, 7) is 6.41. The summed E-state index contributed by atoms with van der Waals surface area (Å²) in [6, 6.07) is 0. The van der Waals surface area contributed by atoms with Gasteiger partial charge in [0, 0.05) is 5.41 Å². The van der Waals surface area contributed by atoms with Gasteiger partial charge in [-0.15, -0.1) is 0 Å². The molecule has 1 nitrogen and oxygen atoms in total. The van der Waals surface area contributed by atoms with Gasteiger partial charge < -0.3 is 0 Å². The van der Waals surface area contributed by atoms with Gasteiger partial charge in [0.25, 0.3) is 0 Å². The van der Waals surface area contributed by atoms with E-state index >= 15 is 0 Å². The molecule has 1 heteroatoms. The highest BCUT2D eigenvalue weighted by atomic mass is 16.1. The van der Waals surface area contributed by atoms with Crippen LogP contribution in [0.1, 0.15) is 59.3 Å². The second-order valence-corrected chi connectivity index (χ2v) is 3.63. The lowest BCUT2D eigenvalue weighted by Gasteiger charge is -2.25. The van der Waals surface area contributed by atoms with Gasteiger partial charge in [-0.2, -0.15) is 0 Å². The quantitative estimate of drug-likeness (QED) is 0.570. The topological polar surface area (TPSA) is 17.1 Å². The van der Waals surface area contributed by atoms with Crippen LogP contribution in [0, 0.1) is 5.41 Å². The van der Waals surface area contributed by atoms with Crippen LogP contribution < -0.4 is 0 Å². The molecule has 12 heavy (non-hydrogen) atoms. The summed E-state index contributed by atoms with van der Waals surface area (Å²) in [5.74, 6) is 0. The molecular weight excluding hydrogens is 148 g/mol. The average Bonchev–Trinajstić information content (AvgIpc) is 2.06. The van der Waals surface area contributed by atoms with Crippen LogP contribution in [0.2, 0.25) is 0 Å². The van der Waals surface area contributed by atoms with Crippen LogP contribution in [-0.4, -0.2) is 6.29 Å². The predicted molar refractivity (Wildman–Crippen MR) is 52.9 cm³/mol. The molecule has 0 heterocycles. The minimum atomic E-state index is -0.113. The van der Waals surface area contributed by atoms with Crippen molar-refractivity contribution in [3.63, 3.8) is 0 Å². The molecule has 0 aromatic heterocycles. The van der Waals surface area contributed by atoms with Crippen LogP contribution in [0.5, 0.6) is 0 Å². The zero-order valence-corrected chi connectivity index (χ0v) is 8.65. The Morgan fingerprint density at radius 1 is 0.917 bits per heavy atom. The lowest BCUT2D eigenvalue weighted by Crippen LogP contribution is -2.21. The minimum Gasteiger partial charge on any atom is -0.290 e. The standard InChI is InChI=1S/C11H21O/c1-4-7-11(10-12,8-5-2)9-6-3/h4-9H2,1-3H3. The van der Waals surface area contributed by atoms with Crippen LogP contribution >= 0.6 is 0 Å². The van der Waals surface area contributed by atoms with Crippen molar-refractivity contribution >= 4 is 6.29 Å². The van der Waals surface area contributed by atoms with Gasteiger partial charge in [0.1, 0.15) is 0 Å². The zero-order chi connectivity index (χ0) is 9.45. The second kappa shape index (κ2) is 6.22. The molecule has 0 fully saturated rings. The minimum absolute atomic E-state index is 0.113. The van der Waals surface area contributed by atoms with E-state index in [1.807, 2.05) is 0 Å². The molecule has 0 rings (SSSR count). The van der Waals surface area contributed by atoms with E-state index in [1.165, 1.54) is 0 Å². The van der Waals surface area contributed by atoms with Crippen LogP contribution in [0.15, 0.2) is 0 Å². The molecule has 0 unspecified atom stereocenters. The van der Waals surface area contributed by atoms with Crippen molar-refractivity contribution in [1.82, 2.24) is 0 Å². The molecule has 0 saturated heterocycles. The third-order valence-electron chi connectivity index (χ3n) is 2.40. The smallest absolute Gasteiger partial charge is 0.205 e. The van der Waals surface area contributed by atoms with Gasteiger partial charge >= 0.3 is 0 Å². The van der Waals surface area contributed by atoms with Crippen molar-refractivity contribution in [3.8, 4) is 0 Å². The lowest BCUT2D eigenvalue weighted by atomic mass is 9.77. The molecule has 0 saturated carbocycles. The van der Waals surface area contributed by atoms with Gasteiger partial charge in [0.15, 0.2) is 0 Å². The number of carbonyl (C=O) groups excluding carboxylic acids is 1. The molecule has 0 aliphatic heterocycles. The first-order valence-corrected chi connectivity index (χ1v) is 5.14. The molecule has 0 aromatic rings. The summed E-state index contributed by atoms with van der Waals surface area (Å²) < 4.78 is 0. The normalized spacial score (nSPS) is 11.6.